The van der Waals surface area contributed by atoms with Crippen LogP contribution in [0.1, 0.15) is 62.7 Å². The second-order valence-corrected chi connectivity index (χ2v) is 6.61. The summed E-state index contributed by atoms with van der Waals surface area (Å²) in [6, 6.07) is 14.7. The van der Waals surface area contributed by atoms with E-state index in [1.54, 1.807) is 12.1 Å². The molecule has 0 fully saturated rings. The Bertz CT molecular complexity index is 665. The van der Waals surface area contributed by atoms with Crippen LogP contribution in [-0.4, -0.2) is 19.1 Å². The lowest BCUT2D eigenvalue weighted by Gasteiger charge is -2.09. The molecule has 0 saturated heterocycles. The van der Waals surface area contributed by atoms with E-state index in [-0.39, 0.29) is 5.91 Å². The second kappa shape index (κ2) is 12.0. The molecule has 2 aromatic carbocycles. The Kier molecular flexibility index (Phi) is 9.25. The van der Waals surface area contributed by atoms with Crippen LogP contribution in [-0.2, 0) is 0 Å². The standard InChI is InChI=1S/C23H31NO3/c1-3-5-7-8-18-27-21-13-9-19(10-14-21)23(25)24-20-11-15-22(16-12-20)26-17-6-4-2/h9-16H,3-8,17-18H2,1-2H3,(H,24,25). The first kappa shape index (κ1) is 20.8. The zero-order valence-electron chi connectivity index (χ0n) is 16.5. The first-order chi connectivity index (χ1) is 13.2. The molecule has 1 N–H and O–H groups in total. The summed E-state index contributed by atoms with van der Waals surface area (Å²) in [5.41, 5.74) is 1.36. The van der Waals surface area contributed by atoms with Gasteiger partial charge in [0.05, 0.1) is 13.2 Å². The van der Waals surface area contributed by atoms with Gasteiger partial charge in [0.25, 0.3) is 5.91 Å². The average Bonchev–Trinajstić information content (AvgIpc) is 2.70. The van der Waals surface area contributed by atoms with E-state index in [0.717, 1.165) is 49.7 Å². The number of anilines is 1. The Balaban J connectivity index is 1.79. The molecule has 4 heteroatoms. The summed E-state index contributed by atoms with van der Waals surface area (Å²) in [6.45, 7) is 5.77. The van der Waals surface area contributed by atoms with Crippen LogP contribution in [0, 0.1) is 0 Å². The van der Waals surface area contributed by atoms with Crippen molar-refractivity contribution < 1.29 is 14.3 Å². The van der Waals surface area contributed by atoms with Crippen LogP contribution in [0.2, 0.25) is 0 Å². The van der Waals surface area contributed by atoms with Crippen molar-refractivity contribution >= 4 is 11.6 Å². The number of unbranched alkanes of at least 4 members (excludes halogenated alkanes) is 4. The van der Waals surface area contributed by atoms with E-state index in [1.807, 2.05) is 36.4 Å². The van der Waals surface area contributed by atoms with E-state index >= 15 is 0 Å². The molecule has 0 atom stereocenters. The lowest BCUT2D eigenvalue weighted by Crippen LogP contribution is -2.11. The first-order valence-electron chi connectivity index (χ1n) is 10.00. The Labute approximate surface area is 162 Å². The van der Waals surface area contributed by atoms with E-state index in [1.165, 1.54) is 19.3 Å². The second-order valence-electron chi connectivity index (χ2n) is 6.61. The molecular weight excluding hydrogens is 338 g/mol. The van der Waals surface area contributed by atoms with Gasteiger partial charge in [0, 0.05) is 11.3 Å². The Morgan fingerprint density at radius 2 is 1.30 bits per heavy atom. The smallest absolute Gasteiger partial charge is 0.255 e. The summed E-state index contributed by atoms with van der Waals surface area (Å²) in [5.74, 6) is 1.49. The number of nitrogens with one attached hydrogen (secondary N) is 1. The van der Waals surface area contributed by atoms with Gasteiger partial charge in [-0.15, -0.1) is 0 Å². The molecule has 146 valence electrons. The fraction of sp³-hybridized carbons (Fsp3) is 0.435. The first-order valence-corrected chi connectivity index (χ1v) is 10.00. The summed E-state index contributed by atoms with van der Waals surface area (Å²) < 4.78 is 11.3. The number of benzene rings is 2. The van der Waals surface area contributed by atoms with Gasteiger partial charge in [0.1, 0.15) is 11.5 Å². The van der Waals surface area contributed by atoms with Crippen LogP contribution in [0.4, 0.5) is 5.69 Å². The fourth-order valence-electron chi connectivity index (χ4n) is 2.59. The van der Waals surface area contributed by atoms with Crippen molar-refractivity contribution in [1.29, 1.82) is 0 Å². The van der Waals surface area contributed by atoms with Crippen LogP contribution in [0.15, 0.2) is 48.5 Å². The van der Waals surface area contributed by atoms with Gasteiger partial charge in [-0.2, -0.15) is 0 Å². The zero-order chi connectivity index (χ0) is 19.3. The van der Waals surface area contributed by atoms with Crippen molar-refractivity contribution in [2.45, 2.75) is 52.4 Å². The predicted molar refractivity (Wildman–Crippen MR) is 111 cm³/mol. The Hall–Kier alpha value is -2.49. The minimum atomic E-state index is -0.135. The third-order valence-corrected chi connectivity index (χ3v) is 4.26. The predicted octanol–water partition coefficient (Wildman–Crippen LogP) is 6.08. The number of rotatable bonds is 12. The molecule has 27 heavy (non-hydrogen) atoms. The molecule has 0 aliphatic rings. The van der Waals surface area contributed by atoms with Crippen molar-refractivity contribution in [2.75, 3.05) is 18.5 Å². The van der Waals surface area contributed by atoms with Gasteiger partial charge in [0.2, 0.25) is 0 Å². The molecular formula is C23H31NO3. The van der Waals surface area contributed by atoms with Gasteiger partial charge in [-0.25, -0.2) is 0 Å². The minimum Gasteiger partial charge on any atom is -0.494 e. The van der Waals surface area contributed by atoms with Crippen molar-refractivity contribution in [3.8, 4) is 11.5 Å². The van der Waals surface area contributed by atoms with Crippen molar-refractivity contribution in [3.05, 3.63) is 54.1 Å². The molecule has 0 aromatic heterocycles. The summed E-state index contributed by atoms with van der Waals surface area (Å²) in [5, 5.41) is 2.90. The van der Waals surface area contributed by atoms with Crippen molar-refractivity contribution in [2.24, 2.45) is 0 Å². The van der Waals surface area contributed by atoms with E-state index in [9.17, 15) is 4.79 Å². The van der Waals surface area contributed by atoms with E-state index in [0.29, 0.717) is 5.56 Å². The van der Waals surface area contributed by atoms with E-state index in [4.69, 9.17) is 9.47 Å². The minimum absolute atomic E-state index is 0.135. The maximum atomic E-state index is 12.4. The molecule has 0 spiro atoms. The number of ether oxygens (including phenoxy) is 2. The Morgan fingerprint density at radius 3 is 1.89 bits per heavy atom. The van der Waals surface area contributed by atoms with Gasteiger partial charge in [-0.05, 0) is 61.4 Å². The molecule has 0 heterocycles. The zero-order valence-corrected chi connectivity index (χ0v) is 16.5. The van der Waals surface area contributed by atoms with E-state index < -0.39 is 0 Å². The molecule has 2 rings (SSSR count). The average molecular weight is 370 g/mol. The van der Waals surface area contributed by atoms with Gasteiger partial charge < -0.3 is 14.8 Å². The third-order valence-electron chi connectivity index (χ3n) is 4.26. The van der Waals surface area contributed by atoms with Crippen LogP contribution < -0.4 is 14.8 Å². The highest BCUT2D eigenvalue weighted by Crippen LogP contribution is 2.18. The van der Waals surface area contributed by atoms with E-state index in [2.05, 4.69) is 19.2 Å². The quantitative estimate of drug-likeness (QED) is 0.461. The number of hydrogen-bond acceptors (Lipinski definition) is 3. The molecule has 0 aliphatic carbocycles. The Morgan fingerprint density at radius 1 is 0.741 bits per heavy atom. The number of hydrogen-bond donors (Lipinski definition) is 1. The van der Waals surface area contributed by atoms with Crippen LogP contribution >= 0.6 is 0 Å². The van der Waals surface area contributed by atoms with Crippen molar-refractivity contribution in [3.63, 3.8) is 0 Å². The topological polar surface area (TPSA) is 47.6 Å². The van der Waals surface area contributed by atoms with Crippen LogP contribution in [0.3, 0.4) is 0 Å². The summed E-state index contributed by atoms with van der Waals surface area (Å²) in [4.78, 5) is 12.4. The van der Waals surface area contributed by atoms with Crippen molar-refractivity contribution in [1.82, 2.24) is 0 Å². The lowest BCUT2D eigenvalue weighted by molar-refractivity contribution is 0.102. The van der Waals surface area contributed by atoms with Gasteiger partial charge in [-0.3, -0.25) is 4.79 Å². The molecule has 0 saturated carbocycles. The molecule has 1 amide bonds. The number of carbonyl (C=O) groups excluding carboxylic acids is 1. The molecule has 0 unspecified atom stereocenters. The maximum Gasteiger partial charge on any atom is 0.255 e. The summed E-state index contributed by atoms with van der Waals surface area (Å²) in [7, 11) is 0. The highest BCUT2D eigenvalue weighted by Gasteiger charge is 2.06. The lowest BCUT2D eigenvalue weighted by atomic mass is 10.2. The molecule has 0 radical (unpaired) electrons. The number of carbonyl (C=O) groups is 1. The van der Waals surface area contributed by atoms with Gasteiger partial charge in [-0.1, -0.05) is 39.5 Å². The summed E-state index contributed by atoms with van der Waals surface area (Å²) >= 11 is 0. The summed E-state index contributed by atoms with van der Waals surface area (Å²) in [6.07, 6.45) is 6.87. The molecule has 2 aromatic rings. The third kappa shape index (κ3) is 7.73. The van der Waals surface area contributed by atoms with Gasteiger partial charge in [0.15, 0.2) is 0 Å². The maximum absolute atomic E-state index is 12.4. The number of amides is 1. The monoisotopic (exact) mass is 369 g/mol. The van der Waals surface area contributed by atoms with Crippen LogP contribution in [0.25, 0.3) is 0 Å². The fourth-order valence-corrected chi connectivity index (χ4v) is 2.59. The highest BCUT2D eigenvalue weighted by molar-refractivity contribution is 6.04. The van der Waals surface area contributed by atoms with Gasteiger partial charge >= 0.3 is 0 Å². The molecule has 0 bridgehead atoms. The molecule has 4 nitrogen and oxygen atoms in total. The SMILES string of the molecule is CCCCCCOc1ccc(C(=O)Nc2ccc(OCCCC)cc2)cc1. The largest absolute Gasteiger partial charge is 0.494 e. The van der Waals surface area contributed by atoms with Crippen LogP contribution in [0.5, 0.6) is 11.5 Å². The highest BCUT2D eigenvalue weighted by atomic mass is 16.5. The normalized spacial score (nSPS) is 10.4. The molecule has 0 aliphatic heterocycles.